The van der Waals surface area contributed by atoms with Gasteiger partial charge in [-0.25, -0.2) is 4.79 Å². The number of aliphatic carboxylic acids is 1. The summed E-state index contributed by atoms with van der Waals surface area (Å²) < 4.78 is 0. The zero-order valence-electron chi connectivity index (χ0n) is 12.5. The second-order valence-electron chi connectivity index (χ2n) is 5.90. The molecule has 0 heterocycles. The van der Waals surface area contributed by atoms with E-state index < -0.39 is 23.3 Å². The van der Waals surface area contributed by atoms with Gasteiger partial charge in [-0.15, -0.1) is 6.58 Å². The Hall–Kier alpha value is -1.85. The molecule has 0 radical (unpaired) electrons. The first-order valence-electron chi connectivity index (χ1n) is 7.30. The third kappa shape index (κ3) is 5.97. The van der Waals surface area contributed by atoms with E-state index in [2.05, 4.69) is 17.2 Å². The summed E-state index contributed by atoms with van der Waals surface area (Å²) in [5.74, 6) is -1.31. The van der Waals surface area contributed by atoms with E-state index in [1.807, 2.05) is 6.92 Å². The lowest BCUT2D eigenvalue weighted by Crippen LogP contribution is -2.44. The van der Waals surface area contributed by atoms with Crippen LogP contribution in [0.15, 0.2) is 12.7 Å². The van der Waals surface area contributed by atoms with Crippen molar-refractivity contribution in [2.24, 2.45) is 5.41 Å². The molecule has 3 N–H and O–H groups in total. The maximum absolute atomic E-state index is 12.0. The van der Waals surface area contributed by atoms with Crippen LogP contribution in [0.1, 0.15) is 51.9 Å². The Morgan fingerprint density at radius 1 is 1.29 bits per heavy atom. The van der Waals surface area contributed by atoms with Crippen molar-refractivity contribution < 1.29 is 19.5 Å². The maximum Gasteiger partial charge on any atom is 0.321 e. The second kappa shape index (κ2) is 7.81. The van der Waals surface area contributed by atoms with Gasteiger partial charge in [-0.2, -0.15) is 0 Å². The molecule has 118 valence electrons. The van der Waals surface area contributed by atoms with Crippen molar-refractivity contribution in [3.8, 4) is 0 Å². The van der Waals surface area contributed by atoms with E-state index in [4.69, 9.17) is 5.11 Å². The van der Waals surface area contributed by atoms with Gasteiger partial charge in [-0.3, -0.25) is 14.9 Å². The van der Waals surface area contributed by atoms with Gasteiger partial charge in [0.2, 0.25) is 5.91 Å². The molecular formula is C15H24N2O4. The topological polar surface area (TPSA) is 95.5 Å². The first-order chi connectivity index (χ1) is 9.87. The average Bonchev–Trinajstić information content (AvgIpc) is 2.75. The highest BCUT2D eigenvalue weighted by Gasteiger charge is 2.38. The summed E-state index contributed by atoms with van der Waals surface area (Å²) in [6.07, 6.45) is 5.68. The highest BCUT2D eigenvalue weighted by Crippen LogP contribution is 2.43. The summed E-state index contributed by atoms with van der Waals surface area (Å²) in [5.41, 5.74) is -0.497. The van der Waals surface area contributed by atoms with Crippen LogP contribution in [0.4, 0.5) is 4.79 Å². The van der Waals surface area contributed by atoms with Crippen LogP contribution in [0.5, 0.6) is 0 Å². The van der Waals surface area contributed by atoms with E-state index >= 15 is 0 Å². The van der Waals surface area contributed by atoms with Gasteiger partial charge in [-0.1, -0.05) is 18.9 Å². The van der Waals surface area contributed by atoms with Crippen LogP contribution in [0, 0.1) is 5.41 Å². The van der Waals surface area contributed by atoms with E-state index in [0.29, 0.717) is 6.42 Å². The van der Waals surface area contributed by atoms with Crippen LogP contribution in [0.25, 0.3) is 0 Å². The predicted molar refractivity (Wildman–Crippen MR) is 78.7 cm³/mol. The molecule has 1 atom stereocenters. The Bertz CT molecular complexity index is 414. The molecule has 1 fully saturated rings. The number of rotatable bonds is 7. The summed E-state index contributed by atoms with van der Waals surface area (Å²) >= 11 is 0. The Balaban J connectivity index is 2.49. The minimum Gasteiger partial charge on any atom is -0.481 e. The number of carbonyl (C=O) groups is 3. The summed E-state index contributed by atoms with van der Waals surface area (Å²) in [4.78, 5) is 34.6. The molecule has 3 amide bonds. The predicted octanol–water partition coefficient (Wildman–Crippen LogP) is 2.20. The number of hydrogen-bond acceptors (Lipinski definition) is 3. The lowest BCUT2D eigenvalue weighted by atomic mass is 9.79. The highest BCUT2D eigenvalue weighted by atomic mass is 16.4. The van der Waals surface area contributed by atoms with Gasteiger partial charge in [0.15, 0.2) is 0 Å². The van der Waals surface area contributed by atoms with Crippen LogP contribution in [-0.2, 0) is 9.59 Å². The second-order valence-corrected chi connectivity index (χ2v) is 5.90. The average molecular weight is 296 g/mol. The normalized spacial score (nSPS) is 17.8. The molecule has 1 aliphatic carbocycles. The van der Waals surface area contributed by atoms with Crippen molar-refractivity contribution in [2.45, 2.75) is 57.9 Å². The van der Waals surface area contributed by atoms with Gasteiger partial charge in [0.1, 0.15) is 0 Å². The van der Waals surface area contributed by atoms with Gasteiger partial charge < -0.3 is 10.4 Å². The summed E-state index contributed by atoms with van der Waals surface area (Å²) in [7, 11) is 0. The standard InChI is InChI=1S/C15H24N2O4/c1-3-6-11(2)16-14(21)17-12(18)9-15(10-13(19)20)7-4-5-8-15/h3,11H,1,4-10H2,2H3,(H,19,20)(H2,16,17,18,21). The summed E-state index contributed by atoms with van der Waals surface area (Å²) in [5, 5.41) is 13.9. The fourth-order valence-electron chi connectivity index (χ4n) is 2.94. The zero-order valence-corrected chi connectivity index (χ0v) is 12.5. The molecule has 0 bridgehead atoms. The molecule has 6 nitrogen and oxygen atoms in total. The largest absolute Gasteiger partial charge is 0.481 e. The molecule has 6 heteroatoms. The molecule has 0 aromatic heterocycles. The first-order valence-corrected chi connectivity index (χ1v) is 7.30. The molecule has 21 heavy (non-hydrogen) atoms. The number of carboxylic acids is 1. The molecular weight excluding hydrogens is 272 g/mol. The number of hydrogen-bond donors (Lipinski definition) is 3. The molecule has 0 saturated heterocycles. The smallest absolute Gasteiger partial charge is 0.321 e. The third-order valence-corrected chi connectivity index (χ3v) is 3.88. The number of urea groups is 1. The summed E-state index contributed by atoms with van der Waals surface area (Å²) in [6, 6.07) is -0.646. The monoisotopic (exact) mass is 296 g/mol. The van der Waals surface area contributed by atoms with Crippen molar-refractivity contribution in [3.63, 3.8) is 0 Å². The third-order valence-electron chi connectivity index (χ3n) is 3.88. The number of imide groups is 1. The fraction of sp³-hybridized carbons (Fsp3) is 0.667. The summed E-state index contributed by atoms with van der Waals surface area (Å²) in [6.45, 7) is 5.39. The lowest BCUT2D eigenvalue weighted by molar-refractivity contribution is -0.140. The minimum atomic E-state index is -0.895. The van der Waals surface area contributed by atoms with Gasteiger partial charge in [-0.05, 0) is 31.6 Å². The van der Waals surface area contributed by atoms with Crippen LogP contribution in [0.2, 0.25) is 0 Å². The fourth-order valence-corrected chi connectivity index (χ4v) is 2.94. The van der Waals surface area contributed by atoms with Crippen molar-refractivity contribution in [2.75, 3.05) is 0 Å². The van der Waals surface area contributed by atoms with Gasteiger partial charge in [0.05, 0.1) is 6.42 Å². The molecule has 1 unspecified atom stereocenters. The maximum atomic E-state index is 12.0. The van der Waals surface area contributed by atoms with Gasteiger partial charge >= 0.3 is 12.0 Å². The van der Waals surface area contributed by atoms with Gasteiger partial charge in [0.25, 0.3) is 0 Å². The molecule has 1 rings (SSSR count). The molecule has 1 saturated carbocycles. The SMILES string of the molecule is C=CCC(C)NC(=O)NC(=O)CC1(CC(=O)O)CCCC1. The van der Waals surface area contributed by atoms with Crippen LogP contribution in [0.3, 0.4) is 0 Å². The zero-order chi connectivity index (χ0) is 15.9. The molecule has 0 spiro atoms. The molecule has 0 aromatic carbocycles. The highest BCUT2D eigenvalue weighted by molar-refractivity contribution is 5.94. The van der Waals surface area contributed by atoms with E-state index in [-0.39, 0.29) is 18.9 Å². The molecule has 1 aliphatic rings. The Morgan fingerprint density at radius 2 is 1.90 bits per heavy atom. The van der Waals surface area contributed by atoms with Crippen molar-refractivity contribution >= 4 is 17.9 Å². The number of nitrogens with one attached hydrogen (secondary N) is 2. The Labute approximate surface area is 125 Å². The van der Waals surface area contributed by atoms with Crippen molar-refractivity contribution in [3.05, 3.63) is 12.7 Å². The van der Waals surface area contributed by atoms with Crippen LogP contribution in [-0.4, -0.2) is 29.1 Å². The minimum absolute atomic E-state index is 0.0189. The van der Waals surface area contributed by atoms with Crippen LogP contribution >= 0.6 is 0 Å². The van der Waals surface area contributed by atoms with E-state index in [9.17, 15) is 14.4 Å². The molecule has 0 aliphatic heterocycles. The van der Waals surface area contributed by atoms with Gasteiger partial charge in [0, 0.05) is 12.5 Å². The number of carbonyl (C=O) groups excluding carboxylic acids is 2. The van der Waals surface area contributed by atoms with Crippen molar-refractivity contribution in [1.82, 2.24) is 10.6 Å². The van der Waals surface area contributed by atoms with E-state index in [1.54, 1.807) is 6.08 Å². The first kappa shape index (κ1) is 17.2. The number of carboxylic acid groups (broad SMARTS) is 1. The Morgan fingerprint density at radius 3 is 2.43 bits per heavy atom. The Kier molecular flexibility index (Phi) is 6.39. The lowest BCUT2D eigenvalue weighted by Gasteiger charge is -2.26. The van der Waals surface area contributed by atoms with Crippen molar-refractivity contribution in [1.29, 1.82) is 0 Å². The number of amides is 3. The van der Waals surface area contributed by atoms with Crippen LogP contribution < -0.4 is 10.6 Å². The molecule has 0 aromatic rings. The van der Waals surface area contributed by atoms with E-state index in [1.165, 1.54) is 0 Å². The quantitative estimate of drug-likeness (QED) is 0.628. The van der Waals surface area contributed by atoms with E-state index in [0.717, 1.165) is 25.7 Å².